The van der Waals surface area contributed by atoms with Crippen LogP contribution in [0.25, 0.3) is 11.1 Å². The second-order valence-corrected chi connectivity index (χ2v) is 4.32. The van der Waals surface area contributed by atoms with Gasteiger partial charge < -0.3 is 11.5 Å². The van der Waals surface area contributed by atoms with Crippen molar-refractivity contribution in [3.63, 3.8) is 0 Å². The molecule has 4 N–H and O–H groups in total. The van der Waals surface area contributed by atoms with E-state index in [9.17, 15) is 0 Å². The van der Waals surface area contributed by atoms with E-state index >= 15 is 0 Å². The Balaban J connectivity index is 2.47. The lowest BCUT2D eigenvalue weighted by molar-refractivity contribution is 1.06. The van der Waals surface area contributed by atoms with Crippen molar-refractivity contribution >= 4 is 0 Å². The summed E-state index contributed by atoms with van der Waals surface area (Å²) in [6, 6.07) is 14.8. The molecular formula is C15H18N2. The quantitative estimate of drug-likeness (QED) is 0.845. The zero-order valence-corrected chi connectivity index (χ0v) is 10.1. The Bertz CT molecular complexity index is 518. The van der Waals surface area contributed by atoms with E-state index in [1.807, 2.05) is 12.1 Å². The van der Waals surface area contributed by atoms with Gasteiger partial charge in [-0.3, -0.25) is 0 Å². The van der Waals surface area contributed by atoms with Gasteiger partial charge in [-0.2, -0.15) is 0 Å². The molecule has 0 bridgehead atoms. The van der Waals surface area contributed by atoms with Crippen molar-refractivity contribution in [3.05, 3.63) is 59.2 Å². The molecule has 2 heteroatoms. The van der Waals surface area contributed by atoms with Gasteiger partial charge in [0.15, 0.2) is 0 Å². The molecule has 0 heterocycles. The predicted octanol–water partition coefficient (Wildman–Crippen LogP) is 2.58. The van der Waals surface area contributed by atoms with E-state index < -0.39 is 0 Å². The van der Waals surface area contributed by atoms with E-state index in [1.165, 1.54) is 16.7 Å². The van der Waals surface area contributed by atoms with E-state index in [0.29, 0.717) is 13.1 Å². The van der Waals surface area contributed by atoms with Crippen molar-refractivity contribution in [2.75, 3.05) is 0 Å². The highest BCUT2D eigenvalue weighted by atomic mass is 14.5. The number of rotatable bonds is 3. The summed E-state index contributed by atoms with van der Waals surface area (Å²) in [5.41, 5.74) is 17.3. The minimum absolute atomic E-state index is 0.573. The highest BCUT2D eigenvalue weighted by Gasteiger charge is 2.01. The van der Waals surface area contributed by atoms with E-state index in [1.54, 1.807) is 0 Å². The van der Waals surface area contributed by atoms with Crippen LogP contribution in [-0.4, -0.2) is 0 Å². The van der Waals surface area contributed by atoms with E-state index in [-0.39, 0.29) is 0 Å². The summed E-state index contributed by atoms with van der Waals surface area (Å²) in [6.45, 7) is 3.24. The number of hydrogen-bond donors (Lipinski definition) is 2. The maximum Gasteiger partial charge on any atom is 0.0178 e. The lowest BCUT2D eigenvalue weighted by atomic mass is 9.99. The van der Waals surface area contributed by atoms with Crippen molar-refractivity contribution in [2.24, 2.45) is 11.5 Å². The summed E-state index contributed by atoms with van der Waals surface area (Å²) in [7, 11) is 0. The Labute approximate surface area is 102 Å². The number of aryl methyl sites for hydroxylation is 1. The van der Waals surface area contributed by atoms with Crippen LogP contribution in [0.15, 0.2) is 42.5 Å². The first-order valence-electron chi connectivity index (χ1n) is 5.83. The summed E-state index contributed by atoms with van der Waals surface area (Å²) >= 11 is 0. The highest BCUT2D eigenvalue weighted by Crippen LogP contribution is 2.23. The van der Waals surface area contributed by atoms with Crippen LogP contribution >= 0.6 is 0 Å². The molecule has 0 saturated heterocycles. The molecule has 0 radical (unpaired) electrons. The van der Waals surface area contributed by atoms with Gasteiger partial charge in [0.1, 0.15) is 0 Å². The summed E-state index contributed by atoms with van der Waals surface area (Å²) < 4.78 is 0. The minimum atomic E-state index is 0.573. The first-order chi connectivity index (χ1) is 8.22. The number of hydrogen-bond acceptors (Lipinski definition) is 2. The van der Waals surface area contributed by atoms with Crippen LogP contribution in [0.2, 0.25) is 0 Å². The molecule has 0 spiro atoms. The predicted molar refractivity (Wildman–Crippen MR) is 72.4 cm³/mol. The standard InChI is InChI=1S/C15H18N2/c1-11-5-13(10-17)8-15(6-11)14-4-2-3-12(7-14)9-16/h2-8H,9-10,16-17H2,1H3. The monoisotopic (exact) mass is 226 g/mol. The van der Waals surface area contributed by atoms with Gasteiger partial charge in [0.25, 0.3) is 0 Å². The first-order valence-corrected chi connectivity index (χ1v) is 5.83. The topological polar surface area (TPSA) is 52.0 Å². The maximum atomic E-state index is 5.70. The molecule has 2 rings (SSSR count). The fourth-order valence-corrected chi connectivity index (χ4v) is 2.02. The van der Waals surface area contributed by atoms with Crippen LogP contribution in [0, 0.1) is 6.92 Å². The van der Waals surface area contributed by atoms with Crippen LogP contribution in [-0.2, 0) is 13.1 Å². The van der Waals surface area contributed by atoms with E-state index in [2.05, 4.69) is 37.3 Å². The molecule has 0 unspecified atom stereocenters. The van der Waals surface area contributed by atoms with Crippen LogP contribution in [0.1, 0.15) is 16.7 Å². The summed E-state index contributed by atoms with van der Waals surface area (Å²) in [5, 5.41) is 0. The molecule has 2 nitrogen and oxygen atoms in total. The fourth-order valence-electron chi connectivity index (χ4n) is 2.02. The van der Waals surface area contributed by atoms with Gasteiger partial charge in [0, 0.05) is 13.1 Å². The largest absolute Gasteiger partial charge is 0.326 e. The average molecular weight is 226 g/mol. The van der Waals surface area contributed by atoms with Crippen molar-refractivity contribution in [1.29, 1.82) is 0 Å². The minimum Gasteiger partial charge on any atom is -0.326 e. The van der Waals surface area contributed by atoms with Gasteiger partial charge in [-0.25, -0.2) is 0 Å². The third-order valence-electron chi connectivity index (χ3n) is 2.87. The van der Waals surface area contributed by atoms with Crippen molar-refractivity contribution in [1.82, 2.24) is 0 Å². The summed E-state index contributed by atoms with van der Waals surface area (Å²) in [5.74, 6) is 0. The van der Waals surface area contributed by atoms with Crippen LogP contribution in [0.3, 0.4) is 0 Å². The second kappa shape index (κ2) is 5.13. The molecule has 0 aliphatic carbocycles. The van der Waals surface area contributed by atoms with E-state index in [4.69, 9.17) is 11.5 Å². The number of nitrogens with two attached hydrogens (primary N) is 2. The Kier molecular flexibility index (Phi) is 3.57. The zero-order chi connectivity index (χ0) is 12.3. The van der Waals surface area contributed by atoms with Crippen LogP contribution in [0.4, 0.5) is 0 Å². The second-order valence-electron chi connectivity index (χ2n) is 4.32. The number of benzene rings is 2. The van der Waals surface area contributed by atoms with Gasteiger partial charge in [0.05, 0.1) is 0 Å². The summed E-state index contributed by atoms with van der Waals surface area (Å²) in [4.78, 5) is 0. The lowest BCUT2D eigenvalue weighted by Crippen LogP contribution is -1.98. The molecular weight excluding hydrogens is 208 g/mol. The third-order valence-corrected chi connectivity index (χ3v) is 2.87. The Hall–Kier alpha value is -1.64. The van der Waals surface area contributed by atoms with Gasteiger partial charge in [-0.1, -0.05) is 35.9 Å². The zero-order valence-electron chi connectivity index (χ0n) is 10.1. The Morgan fingerprint density at radius 1 is 0.824 bits per heavy atom. The van der Waals surface area contributed by atoms with Gasteiger partial charge in [0.2, 0.25) is 0 Å². The molecule has 0 atom stereocenters. The van der Waals surface area contributed by atoms with Crippen molar-refractivity contribution in [2.45, 2.75) is 20.0 Å². The molecule has 0 amide bonds. The van der Waals surface area contributed by atoms with Gasteiger partial charge in [-0.15, -0.1) is 0 Å². The molecule has 88 valence electrons. The van der Waals surface area contributed by atoms with Crippen LogP contribution < -0.4 is 11.5 Å². The molecule has 0 aliphatic heterocycles. The Morgan fingerprint density at radius 3 is 2.24 bits per heavy atom. The van der Waals surface area contributed by atoms with E-state index in [0.717, 1.165) is 11.1 Å². The van der Waals surface area contributed by atoms with Gasteiger partial charge in [-0.05, 0) is 41.3 Å². The first kappa shape index (κ1) is 11.8. The SMILES string of the molecule is Cc1cc(CN)cc(-c2cccc(CN)c2)c1. The molecule has 2 aromatic carbocycles. The van der Waals surface area contributed by atoms with Crippen molar-refractivity contribution < 1.29 is 0 Å². The molecule has 0 aromatic heterocycles. The smallest absolute Gasteiger partial charge is 0.0178 e. The maximum absolute atomic E-state index is 5.70. The van der Waals surface area contributed by atoms with Crippen molar-refractivity contribution in [3.8, 4) is 11.1 Å². The molecule has 0 saturated carbocycles. The van der Waals surface area contributed by atoms with Crippen LogP contribution in [0.5, 0.6) is 0 Å². The van der Waals surface area contributed by atoms with Gasteiger partial charge >= 0.3 is 0 Å². The molecule has 17 heavy (non-hydrogen) atoms. The molecule has 2 aromatic rings. The molecule has 0 aliphatic rings. The average Bonchev–Trinajstić information content (AvgIpc) is 2.38. The normalized spacial score (nSPS) is 10.5. The highest BCUT2D eigenvalue weighted by molar-refractivity contribution is 5.65. The summed E-state index contributed by atoms with van der Waals surface area (Å²) in [6.07, 6.45) is 0. The third kappa shape index (κ3) is 2.73. The fraction of sp³-hybridized carbons (Fsp3) is 0.200. The molecule has 0 fully saturated rings. The lowest BCUT2D eigenvalue weighted by Gasteiger charge is -2.08. The Morgan fingerprint density at radius 2 is 1.53 bits per heavy atom.